The average Bonchev–Trinajstić information content (AvgIpc) is 2.83. The first-order chi connectivity index (χ1) is 16.4. The first kappa shape index (κ1) is 23.2. The van der Waals surface area contributed by atoms with E-state index in [4.69, 9.17) is 23.2 Å². The largest absolute Gasteiger partial charge is 0.506 e. The second kappa shape index (κ2) is 9.90. The van der Waals surface area contributed by atoms with Gasteiger partial charge in [-0.3, -0.25) is 14.8 Å². The van der Waals surface area contributed by atoms with Gasteiger partial charge in [-0.15, -0.1) is 0 Å². The number of aryl methyl sites for hydroxylation is 1. The highest BCUT2D eigenvalue weighted by Crippen LogP contribution is 2.29. The highest BCUT2D eigenvalue weighted by atomic mass is 35.5. The van der Waals surface area contributed by atoms with Crippen LogP contribution in [0.3, 0.4) is 0 Å². The van der Waals surface area contributed by atoms with E-state index in [0.717, 1.165) is 11.1 Å². The second-order valence-corrected chi connectivity index (χ2v) is 7.95. The van der Waals surface area contributed by atoms with E-state index in [1.165, 1.54) is 29.3 Å². The van der Waals surface area contributed by atoms with Gasteiger partial charge in [0.25, 0.3) is 5.56 Å². The van der Waals surface area contributed by atoms with Crippen molar-refractivity contribution in [3.05, 3.63) is 81.6 Å². The van der Waals surface area contributed by atoms with Crippen LogP contribution in [0, 0.1) is 0 Å². The molecule has 0 atom stereocenters. The fraction of sp³-hybridized carbons (Fsp3) is 0.0870. The molecule has 0 radical (unpaired) electrons. The van der Waals surface area contributed by atoms with Gasteiger partial charge in [0, 0.05) is 36.3 Å². The molecule has 1 aromatic carbocycles. The van der Waals surface area contributed by atoms with Crippen molar-refractivity contribution in [3.63, 3.8) is 0 Å². The summed E-state index contributed by atoms with van der Waals surface area (Å²) in [5.41, 5.74) is 2.41. The van der Waals surface area contributed by atoms with E-state index in [1.54, 1.807) is 19.2 Å². The number of aromatic hydroxyl groups is 1. The minimum Gasteiger partial charge on any atom is -0.506 e. The third kappa shape index (κ3) is 5.00. The molecule has 0 saturated carbocycles. The fourth-order valence-electron chi connectivity index (χ4n) is 3.23. The maximum atomic E-state index is 12.8. The lowest BCUT2D eigenvalue weighted by atomic mass is 10.0. The minimum absolute atomic E-state index is 0.0232. The Morgan fingerprint density at radius 3 is 2.38 bits per heavy atom. The van der Waals surface area contributed by atoms with Crippen molar-refractivity contribution in [1.29, 1.82) is 0 Å². The molecule has 9 nitrogen and oxygen atoms in total. The van der Waals surface area contributed by atoms with Gasteiger partial charge in [-0.1, -0.05) is 41.4 Å². The fourth-order valence-corrected chi connectivity index (χ4v) is 3.69. The van der Waals surface area contributed by atoms with Gasteiger partial charge in [0.05, 0.1) is 27.6 Å². The molecule has 172 valence electrons. The van der Waals surface area contributed by atoms with Crippen molar-refractivity contribution >= 4 is 40.6 Å². The number of hydrogen-bond donors (Lipinski definition) is 3. The maximum Gasteiger partial charge on any atom is 0.323 e. The summed E-state index contributed by atoms with van der Waals surface area (Å²) in [6.45, 7) is 2.06. The topological polar surface area (TPSA) is 122 Å². The number of carbonyl (C=O) groups is 1. The Bertz CT molecular complexity index is 1420. The van der Waals surface area contributed by atoms with Gasteiger partial charge < -0.3 is 15.7 Å². The molecule has 2 amide bonds. The summed E-state index contributed by atoms with van der Waals surface area (Å²) in [5.74, 6) is 0.0486. The minimum atomic E-state index is -0.702. The van der Waals surface area contributed by atoms with E-state index >= 15 is 0 Å². The summed E-state index contributed by atoms with van der Waals surface area (Å²) < 4.78 is 1.25. The predicted molar refractivity (Wildman–Crippen MR) is 131 cm³/mol. The van der Waals surface area contributed by atoms with Crippen LogP contribution in [0.25, 0.3) is 22.4 Å². The van der Waals surface area contributed by atoms with Crippen molar-refractivity contribution in [1.82, 2.24) is 19.7 Å². The third-order valence-electron chi connectivity index (χ3n) is 4.83. The zero-order valence-corrected chi connectivity index (χ0v) is 19.3. The normalized spacial score (nSPS) is 10.7. The molecular formula is C23H18Cl2N6O3. The molecule has 0 fully saturated rings. The number of nitrogens with zero attached hydrogens (tertiary/aromatic N) is 4. The number of hydrogen-bond acceptors (Lipinski definition) is 6. The summed E-state index contributed by atoms with van der Waals surface area (Å²) in [4.78, 5) is 33.2. The molecule has 0 aliphatic carbocycles. The van der Waals surface area contributed by atoms with Crippen molar-refractivity contribution < 1.29 is 9.90 Å². The third-order valence-corrected chi connectivity index (χ3v) is 5.40. The molecule has 3 aromatic heterocycles. The van der Waals surface area contributed by atoms with Gasteiger partial charge in [0.1, 0.15) is 11.4 Å². The van der Waals surface area contributed by atoms with Crippen LogP contribution in [0.5, 0.6) is 5.75 Å². The Labute approximate surface area is 204 Å². The number of amides is 2. The number of halogens is 2. The van der Waals surface area contributed by atoms with Crippen LogP contribution in [0.1, 0.15) is 6.92 Å². The number of rotatable bonds is 5. The van der Waals surface area contributed by atoms with E-state index in [-0.39, 0.29) is 27.2 Å². The molecule has 34 heavy (non-hydrogen) atoms. The van der Waals surface area contributed by atoms with Gasteiger partial charge in [0.2, 0.25) is 0 Å². The summed E-state index contributed by atoms with van der Waals surface area (Å²) in [6, 6.07) is 9.75. The van der Waals surface area contributed by atoms with Crippen LogP contribution < -0.4 is 16.2 Å². The van der Waals surface area contributed by atoms with Gasteiger partial charge in [-0.25, -0.2) is 9.48 Å². The highest BCUT2D eigenvalue weighted by molar-refractivity contribution is 6.39. The van der Waals surface area contributed by atoms with Crippen LogP contribution in [-0.4, -0.2) is 30.9 Å². The number of benzene rings is 1. The summed E-state index contributed by atoms with van der Waals surface area (Å²) in [6.07, 6.45) is 5.66. The molecule has 11 heteroatoms. The first-order valence-corrected chi connectivity index (χ1v) is 10.8. The standard InChI is InChI=1S/C23H18Cl2N6O3/c1-2-31-22(33)20(28-23(34)29-21-17(24)11-27-12-18(21)25)8-19(30-31)14-5-3-4-13(6-14)15-7-16(32)10-26-9-15/h3-12,32H,2H2,1H3,(H2,27,28,29,34). The van der Waals surface area contributed by atoms with Gasteiger partial charge in [-0.2, -0.15) is 5.10 Å². The molecule has 0 aliphatic rings. The molecule has 3 heterocycles. The predicted octanol–water partition coefficient (Wildman–Crippen LogP) is 5.04. The highest BCUT2D eigenvalue weighted by Gasteiger charge is 2.15. The number of pyridine rings is 2. The molecule has 0 saturated heterocycles. The lowest BCUT2D eigenvalue weighted by Gasteiger charge is -2.13. The average molecular weight is 497 g/mol. The SMILES string of the molecule is CCn1nc(-c2cccc(-c3cncc(O)c3)c2)cc(NC(=O)Nc2c(Cl)cncc2Cl)c1=O. The number of anilines is 2. The summed E-state index contributed by atoms with van der Waals surface area (Å²) in [7, 11) is 0. The molecule has 4 aromatic rings. The molecule has 0 spiro atoms. The molecular weight excluding hydrogens is 479 g/mol. The number of aromatic nitrogens is 4. The molecule has 0 bridgehead atoms. The van der Waals surface area contributed by atoms with Gasteiger partial charge in [-0.05, 0) is 30.7 Å². The summed E-state index contributed by atoms with van der Waals surface area (Å²) in [5, 5.41) is 19.5. The molecule has 0 unspecified atom stereocenters. The smallest absolute Gasteiger partial charge is 0.323 e. The Morgan fingerprint density at radius 1 is 0.971 bits per heavy atom. The number of carbonyl (C=O) groups excluding carboxylic acids is 1. The second-order valence-electron chi connectivity index (χ2n) is 7.13. The van der Waals surface area contributed by atoms with Crippen LogP contribution in [0.15, 0.2) is 66.0 Å². The zero-order valence-electron chi connectivity index (χ0n) is 17.8. The monoisotopic (exact) mass is 496 g/mol. The molecule has 3 N–H and O–H groups in total. The lowest BCUT2D eigenvalue weighted by molar-refractivity contribution is 0.262. The number of urea groups is 1. The zero-order chi connectivity index (χ0) is 24.2. The lowest BCUT2D eigenvalue weighted by Crippen LogP contribution is -2.29. The van der Waals surface area contributed by atoms with Crippen molar-refractivity contribution in [2.45, 2.75) is 13.5 Å². The maximum absolute atomic E-state index is 12.8. The molecule has 4 rings (SSSR count). The Morgan fingerprint density at radius 2 is 1.68 bits per heavy atom. The summed E-state index contributed by atoms with van der Waals surface area (Å²) >= 11 is 12.1. The number of nitrogens with one attached hydrogen (secondary N) is 2. The van der Waals surface area contributed by atoms with E-state index in [2.05, 4.69) is 25.7 Å². The Kier molecular flexibility index (Phi) is 6.76. The van der Waals surface area contributed by atoms with Crippen molar-refractivity contribution in [3.8, 4) is 28.1 Å². The van der Waals surface area contributed by atoms with E-state index in [9.17, 15) is 14.7 Å². The van der Waals surface area contributed by atoms with Crippen molar-refractivity contribution in [2.24, 2.45) is 0 Å². The Balaban J connectivity index is 1.68. The molecule has 0 aliphatic heterocycles. The van der Waals surface area contributed by atoms with Crippen molar-refractivity contribution in [2.75, 3.05) is 10.6 Å². The van der Waals surface area contributed by atoms with Crippen LogP contribution >= 0.6 is 23.2 Å². The van der Waals surface area contributed by atoms with E-state index in [1.807, 2.05) is 24.3 Å². The quantitative estimate of drug-likeness (QED) is 0.355. The van der Waals surface area contributed by atoms with Crippen LogP contribution in [0.2, 0.25) is 10.0 Å². The Hall–Kier alpha value is -3.95. The van der Waals surface area contributed by atoms with E-state index < -0.39 is 11.6 Å². The van der Waals surface area contributed by atoms with Crippen LogP contribution in [-0.2, 0) is 6.54 Å². The van der Waals surface area contributed by atoms with E-state index in [0.29, 0.717) is 17.8 Å². The van der Waals surface area contributed by atoms with Gasteiger partial charge in [0.15, 0.2) is 0 Å². The van der Waals surface area contributed by atoms with Crippen LogP contribution in [0.4, 0.5) is 16.2 Å². The first-order valence-electron chi connectivity index (χ1n) is 10.1. The van der Waals surface area contributed by atoms with Gasteiger partial charge >= 0.3 is 6.03 Å².